The van der Waals surface area contributed by atoms with Crippen LogP contribution in [0.4, 0.5) is 0 Å². The van der Waals surface area contributed by atoms with E-state index in [0.717, 1.165) is 4.31 Å². The second-order valence-corrected chi connectivity index (χ2v) is 10.5. The van der Waals surface area contributed by atoms with Gasteiger partial charge in [0.15, 0.2) is 5.54 Å². The maximum atomic E-state index is 12.8. The second-order valence-electron chi connectivity index (χ2n) is 8.81. The molecule has 1 heterocycles. The van der Waals surface area contributed by atoms with Gasteiger partial charge in [-0.25, -0.2) is 4.79 Å². The quantitative estimate of drug-likeness (QED) is 0.123. The first-order chi connectivity index (χ1) is 15.2. The van der Waals surface area contributed by atoms with Gasteiger partial charge in [-0.3, -0.25) is 9.59 Å². The van der Waals surface area contributed by atoms with Gasteiger partial charge in [-0.1, -0.05) is 6.42 Å². The van der Waals surface area contributed by atoms with Crippen LogP contribution in [0.3, 0.4) is 0 Å². The van der Waals surface area contributed by atoms with Crippen LogP contribution in [0.15, 0.2) is 0 Å². The third-order valence-corrected chi connectivity index (χ3v) is 7.49. The van der Waals surface area contributed by atoms with Gasteiger partial charge in [-0.15, -0.1) is 0 Å². The Morgan fingerprint density at radius 2 is 1.85 bits per heavy atom. The highest BCUT2D eigenvalue weighted by Crippen LogP contribution is 2.34. The average molecular weight is 492 g/mol. The minimum absolute atomic E-state index is 0.0527. The van der Waals surface area contributed by atoms with Crippen LogP contribution in [0.25, 0.3) is 0 Å². The van der Waals surface area contributed by atoms with Crippen LogP contribution >= 0.6 is 0 Å². The molecule has 16 heteroatoms. The van der Waals surface area contributed by atoms with E-state index in [-0.39, 0.29) is 31.7 Å². The fourth-order valence-corrected chi connectivity index (χ4v) is 5.29. The van der Waals surface area contributed by atoms with Crippen molar-refractivity contribution >= 4 is 35.1 Å². The summed E-state index contributed by atoms with van der Waals surface area (Å²) in [7, 11) is -5.70. The van der Waals surface area contributed by atoms with Crippen molar-refractivity contribution in [3.63, 3.8) is 0 Å². The summed E-state index contributed by atoms with van der Waals surface area (Å²) in [6.07, 6.45) is 0.685. The van der Waals surface area contributed by atoms with Gasteiger partial charge in [0.2, 0.25) is 11.8 Å². The van der Waals surface area contributed by atoms with E-state index in [4.69, 9.17) is 21.5 Å². The van der Waals surface area contributed by atoms with E-state index in [9.17, 15) is 27.9 Å². The predicted molar refractivity (Wildman–Crippen MR) is 117 cm³/mol. The molecular formula is C17H33BN6O8S. The van der Waals surface area contributed by atoms with Gasteiger partial charge in [0.1, 0.15) is 6.04 Å². The Kier molecular flexibility index (Phi) is 8.83. The molecule has 2 aliphatic rings. The summed E-state index contributed by atoms with van der Waals surface area (Å²) in [5.41, 5.74) is 9.15. The van der Waals surface area contributed by atoms with Gasteiger partial charge in [-0.05, 0) is 33.0 Å². The maximum Gasteiger partial charge on any atom is 0.451 e. The van der Waals surface area contributed by atoms with Gasteiger partial charge in [0, 0.05) is 31.1 Å². The van der Waals surface area contributed by atoms with E-state index < -0.39 is 71.2 Å². The molecule has 2 fully saturated rings. The number of carbonyl (C=O) groups excluding carboxylic acids is 2. The molecule has 1 aliphatic heterocycles. The van der Waals surface area contributed by atoms with Crippen LogP contribution in [0.5, 0.6) is 0 Å². The van der Waals surface area contributed by atoms with Crippen LogP contribution in [-0.4, -0.2) is 95.6 Å². The minimum atomic E-state index is -4.09. The summed E-state index contributed by atoms with van der Waals surface area (Å²) in [6, 6.07) is -2.78. The summed E-state index contributed by atoms with van der Waals surface area (Å²) in [6.45, 7) is 2.00. The van der Waals surface area contributed by atoms with Gasteiger partial charge < -0.3 is 37.3 Å². The lowest BCUT2D eigenvalue weighted by Gasteiger charge is -2.32. The molecule has 0 aromatic rings. The number of hydrogen-bond acceptors (Lipinski definition) is 9. The number of carboxylic acid groups (broad SMARTS) is 1. The molecule has 33 heavy (non-hydrogen) atoms. The average Bonchev–Trinajstić information content (AvgIpc) is 3.22. The normalized spacial score (nSPS) is 29.2. The predicted octanol–water partition coefficient (Wildman–Crippen LogP) is -4.10. The van der Waals surface area contributed by atoms with Crippen molar-refractivity contribution in [3.05, 3.63) is 0 Å². The van der Waals surface area contributed by atoms with Crippen molar-refractivity contribution in [2.24, 2.45) is 17.4 Å². The van der Waals surface area contributed by atoms with Gasteiger partial charge >= 0.3 is 13.1 Å². The van der Waals surface area contributed by atoms with Crippen molar-refractivity contribution in [1.82, 2.24) is 19.7 Å². The molecule has 2 amide bonds. The van der Waals surface area contributed by atoms with Crippen molar-refractivity contribution in [3.8, 4) is 0 Å². The number of amides is 2. The Bertz CT molecular complexity index is 858. The molecule has 0 aromatic carbocycles. The van der Waals surface area contributed by atoms with Crippen LogP contribution < -0.4 is 26.8 Å². The zero-order valence-electron chi connectivity index (χ0n) is 18.6. The molecule has 188 valence electrons. The standard InChI is InChI=1S/C17H33BN6O8S/c1-9(19)14(25)21-10(2)15(26)22-17(16(27)28)8-24(7-11(17)4-3-5-18(29)30)33(31,32)23-13-6-12(13)20/h9-13,23,29-30H,3-8,19-20H2,1-2H3,(H,21,25)(H,22,26)(H,27,28)/t9-,10-,11-,12-,13-,17-/m0/s1. The maximum absolute atomic E-state index is 12.8. The van der Waals surface area contributed by atoms with E-state index in [2.05, 4.69) is 15.4 Å². The van der Waals surface area contributed by atoms with E-state index in [0.29, 0.717) is 6.42 Å². The highest BCUT2D eigenvalue weighted by atomic mass is 32.2. The third kappa shape index (κ3) is 6.85. The summed E-state index contributed by atoms with van der Waals surface area (Å²) in [5.74, 6) is -3.76. The lowest BCUT2D eigenvalue weighted by Crippen LogP contribution is -2.63. The van der Waals surface area contributed by atoms with Crippen LogP contribution in [0, 0.1) is 5.92 Å². The number of carbonyl (C=O) groups is 3. The van der Waals surface area contributed by atoms with Crippen molar-refractivity contribution in [1.29, 1.82) is 0 Å². The SMILES string of the molecule is C[C@H](N)C(=O)N[C@@H](C)C(=O)N[C@@]1(C(=O)O)CN(S(=O)(=O)N[C@H]2C[C@@H]2N)C[C@@H]1CCCB(O)O. The first-order valence-electron chi connectivity index (χ1n) is 10.7. The number of nitrogens with zero attached hydrogens (tertiary/aromatic N) is 1. The lowest BCUT2D eigenvalue weighted by atomic mass is 9.78. The third-order valence-electron chi connectivity index (χ3n) is 5.94. The van der Waals surface area contributed by atoms with Gasteiger partial charge in [0.25, 0.3) is 10.2 Å². The molecule has 1 saturated carbocycles. The highest BCUT2D eigenvalue weighted by Gasteiger charge is 2.56. The molecule has 1 saturated heterocycles. The van der Waals surface area contributed by atoms with E-state index >= 15 is 0 Å². The van der Waals surface area contributed by atoms with Crippen molar-refractivity contribution in [2.45, 2.75) is 69.1 Å². The molecule has 0 radical (unpaired) electrons. The fourth-order valence-electron chi connectivity index (χ4n) is 3.73. The van der Waals surface area contributed by atoms with Crippen LogP contribution in [-0.2, 0) is 24.6 Å². The monoisotopic (exact) mass is 492 g/mol. The molecule has 1 aliphatic carbocycles. The van der Waals surface area contributed by atoms with E-state index in [1.165, 1.54) is 13.8 Å². The first-order valence-corrected chi connectivity index (χ1v) is 12.1. The number of rotatable bonds is 12. The minimum Gasteiger partial charge on any atom is -0.479 e. The Labute approximate surface area is 192 Å². The summed E-state index contributed by atoms with van der Waals surface area (Å²) >= 11 is 0. The second kappa shape index (κ2) is 10.6. The molecule has 0 unspecified atom stereocenters. The summed E-state index contributed by atoms with van der Waals surface area (Å²) in [5, 5.41) is 33.1. The van der Waals surface area contributed by atoms with Crippen molar-refractivity contribution in [2.75, 3.05) is 13.1 Å². The van der Waals surface area contributed by atoms with Crippen LogP contribution in [0.2, 0.25) is 6.32 Å². The molecule has 6 atom stereocenters. The number of carboxylic acids is 1. The molecule has 2 rings (SSSR count). The lowest BCUT2D eigenvalue weighted by molar-refractivity contribution is -0.149. The summed E-state index contributed by atoms with van der Waals surface area (Å²) < 4.78 is 29.0. The molecule has 10 N–H and O–H groups in total. The topological polar surface area (TPSA) is 237 Å². The Hall–Kier alpha value is -1.82. The smallest absolute Gasteiger partial charge is 0.451 e. The largest absolute Gasteiger partial charge is 0.479 e. The Morgan fingerprint density at radius 3 is 2.33 bits per heavy atom. The number of nitrogens with two attached hydrogens (primary N) is 2. The molecule has 14 nitrogen and oxygen atoms in total. The zero-order valence-corrected chi connectivity index (χ0v) is 19.4. The van der Waals surface area contributed by atoms with Crippen LogP contribution in [0.1, 0.15) is 33.1 Å². The van der Waals surface area contributed by atoms with Crippen molar-refractivity contribution < 1.29 is 38.0 Å². The summed E-state index contributed by atoms with van der Waals surface area (Å²) in [4.78, 5) is 37.0. The van der Waals surface area contributed by atoms with Gasteiger partial charge in [-0.2, -0.15) is 17.4 Å². The number of aliphatic carboxylic acids is 1. The number of nitrogens with one attached hydrogen (secondary N) is 3. The fraction of sp³-hybridized carbons (Fsp3) is 0.824. The zero-order chi connectivity index (χ0) is 25.1. The molecule has 0 bridgehead atoms. The Balaban J connectivity index is 2.26. The van der Waals surface area contributed by atoms with E-state index in [1.807, 2.05) is 0 Å². The van der Waals surface area contributed by atoms with E-state index in [1.54, 1.807) is 0 Å². The molecule has 0 aromatic heterocycles. The Morgan fingerprint density at radius 1 is 1.24 bits per heavy atom. The molecule has 0 spiro atoms. The highest BCUT2D eigenvalue weighted by molar-refractivity contribution is 7.87. The number of hydrogen-bond donors (Lipinski definition) is 8. The van der Waals surface area contributed by atoms with Gasteiger partial charge in [0.05, 0.1) is 6.04 Å². The molecular weight excluding hydrogens is 459 g/mol. The first kappa shape index (κ1) is 27.4.